The van der Waals surface area contributed by atoms with Gasteiger partial charge in [0.05, 0.1) is 7.11 Å². The van der Waals surface area contributed by atoms with Crippen molar-refractivity contribution in [2.24, 2.45) is 0 Å². The normalized spacial score (nSPS) is 12.4. The summed E-state index contributed by atoms with van der Waals surface area (Å²) in [6, 6.07) is 11.6. The van der Waals surface area contributed by atoms with Crippen molar-refractivity contribution in [3.63, 3.8) is 0 Å². The van der Waals surface area contributed by atoms with Crippen LogP contribution in [0.5, 0.6) is 11.5 Å². The van der Waals surface area contributed by atoms with Gasteiger partial charge in [-0.1, -0.05) is 6.07 Å². The Morgan fingerprint density at radius 3 is 2.05 bits per heavy atom. The van der Waals surface area contributed by atoms with E-state index < -0.39 is 53.9 Å². The first kappa shape index (κ1) is 25.8. The lowest BCUT2D eigenvalue weighted by molar-refractivity contribution is 0.0491. The smallest absolute Gasteiger partial charge is 0.496 e. The van der Waals surface area contributed by atoms with Crippen LogP contribution in [-0.2, 0) is 9.31 Å². The van der Waals surface area contributed by atoms with Crippen LogP contribution in [0.1, 0.15) is 20.7 Å². The van der Waals surface area contributed by atoms with E-state index in [0.29, 0.717) is 12.1 Å². The lowest BCUT2D eigenvalue weighted by atomic mass is 9.98. The first-order chi connectivity index (χ1) is 18.7. The maximum Gasteiger partial charge on any atom is 0.868 e. The standard InChI is InChI=1S/C27H14BF5O6/c1-36-22-8-2-13(16-5-3-14(29)11-20(16)31)10-19(22)26(34)38-28-37-23-9-7-18(25(33)24(23)27(35)39-28)17-6-4-15(30)12-21(17)32/h2-12H,1H3. The monoisotopic (exact) mass is 540 g/mol. The van der Waals surface area contributed by atoms with E-state index in [1.165, 1.54) is 31.4 Å². The largest absolute Gasteiger partial charge is 0.868 e. The third-order valence-electron chi connectivity index (χ3n) is 5.82. The topological polar surface area (TPSA) is 71.1 Å². The van der Waals surface area contributed by atoms with Crippen LogP contribution in [0.25, 0.3) is 22.3 Å². The van der Waals surface area contributed by atoms with E-state index in [1.807, 2.05) is 0 Å². The molecule has 4 aromatic carbocycles. The molecule has 12 heteroatoms. The zero-order valence-corrected chi connectivity index (χ0v) is 19.8. The molecule has 0 spiro atoms. The quantitative estimate of drug-likeness (QED) is 0.225. The van der Waals surface area contributed by atoms with Gasteiger partial charge in [-0.15, -0.1) is 0 Å². The van der Waals surface area contributed by atoms with Crippen LogP contribution >= 0.6 is 0 Å². The number of benzene rings is 4. The molecule has 5 rings (SSSR count). The van der Waals surface area contributed by atoms with Gasteiger partial charge in [0, 0.05) is 28.8 Å². The van der Waals surface area contributed by atoms with Gasteiger partial charge < -0.3 is 18.7 Å². The Balaban J connectivity index is 1.41. The van der Waals surface area contributed by atoms with Gasteiger partial charge in [-0.05, 0) is 54.1 Å². The van der Waals surface area contributed by atoms with Crippen LogP contribution in [0, 0.1) is 29.1 Å². The van der Waals surface area contributed by atoms with Gasteiger partial charge in [0.1, 0.15) is 51.7 Å². The summed E-state index contributed by atoms with van der Waals surface area (Å²) in [5.41, 5.74) is -1.37. The number of hydrogen-bond donors (Lipinski definition) is 0. The van der Waals surface area contributed by atoms with E-state index in [-0.39, 0.29) is 39.3 Å². The van der Waals surface area contributed by atoms with Gasteiger partial charge in [-0.3, -0.25) is 0 Å². The third kappa shape index (κ3) is 4.88. The van der Waals surface area contributed by atoms with Crippen molar-refractivity contribution in [1.82, 2.24) is 0 Å². The van der Waals surface area contributed by atoms with Crippen molar-refractivity contribution in [3.8, 4) is 33.8 Å². The predicted octanol–water partition coefficient (Wildman–Crippen LogP) is 6.12. The second-order valence-electron chi connectivity index (χ2n) is 8.18. The van der Waals surface area contributed by atoms with Crippen LogP contribution in [0.4, 0.5) is 22.0 Å². The first-order valence-corrected chi connectivity index (χ1v) is 11.2. The summed E-state index contributed by atoms with van der Waals surface area (Å²) < 4.78 is 90.7. The Bertz CT molecular complexity index is 1640. The number of methoxy groups -OCH3 is 1. The summed E-state index contributed by atoms with van der Waals surface area (Å²) >= 11 is 0. The fraction of sp³-hybridized carbons (Fsp3) is 0.0370. The van der Waals surface area contributed by atoms with E-state index in [2.05, 4.69) is 0 Å². The molecule has 1 heterocycles. The molecular weight excluding hydrogens is 526 g/mol. The Kier molecular flexibility index (Phi) is 6.69. The summed E-state index contributed by atoms with van der Waals surface area (Å²) in [5.74, 6) is -7.49. The van der Waals surface area contributed by atoms with Crippen LogP contribution < -0.4 is 9.39 Å². The van der Waals surface area contributed by atoms with Crippen LogP contribution in [0.3, 0.4) is 0 Å². The number of halogens is 5. The lowest BCUT2D eigenvalue weighted by Crippen LogP contribution is -2.39. The highest BCUT2D eigenvalue weighted by Crippen LogP contribution is 2.36. The Morgan fingerprint density at radius 1 is 0.769 bits per heavy atom. The number of rotatable bonds is 5. The molecule has 0 bridgehead atoms. The van der Waals surface area contributed by atoms with Gasteiger partial charge in [0.15, 0.2) is 0 Å². The van der Waals surface area contributed by atoms with Gasteiger partial charge >= 0.3 is 19.3 Å². The molecule has 0 N–H and O–H groups in total. The minimum Gasteiger partial charge on any atom is -0.496 e. The third-order valence-corrected chi connectivity index (χ3v) is 5.82. The highest BCUT2D eigenvalue weighted by molar-refractivity contribution is 6.45. The summed E-state index contributed by atoms with van der Waals surface area (Å²) in [6.07, 6.45) is 0. The maximum absolute atomic E-state index is 15.2. The molecule has 1 aliphatic heterocycles. The van der Waals surface area contributed by atoms with E-state index in [1.54, 1.807) is 0 Å². The molecule has 196 valence electrons. The van der Waals surface area contributed by atoms with Gasteiger partial charge in [0.25, 0.3) is 0 Å². The molecule has 0 unspecified atom stereocenters. The van der Waals surface area contributed by atoms with Crippen molar-refractivity contribution in [3.05, 3.63) is 107 Å². The SMILES string of the molecule is COc1ccc(-c2ccc(F)cc2F)cc1C(=O)OB1OC(=O)c2c(ccc(-c3ccc(F)cc3F)c2F)O1. The molecule has 4 aromatic rings. The summed E-state index contributed by atoms with van der Waals surface area (Å²) in [7, 11) is -0.677. The summed E-state index contributed by atoms with van der Waals surface area (Å²) in [6.45, 7) is 0. The molecule has 0 radical (unpaired) electrons. The second kappa shape index (κ2) is 10.1. The average Bonchev–Trinajstić information content (AvgIpc) is 2.89. The molecule has 0 fully saturated rings. The van der Waals surface area contributed by atoms with E-state index in [9.17, 15) is 27.2 Å². The Hall–Kier alpha value is -4.87. The van der Waals surface area contributed by atoms with Crippen LogP contribution in [0.15, 0.2) is 66.7 Å². The molecule has 6 nitrogen and oxygen atoms in total. The highest BCUT2D eigenvalue weighted by atomic mass is 19.1. The summed E-state index contributed by atoms with van der Waals surface area (Å²) in [5, 5.41) is 0. The number of carbonyl (C=O) groups is 2. The molecule has 0 amide bonds. The zero-order chi connectivity index (χ0) is 27.8. The molecule has 1 aliphatic rings. The molecule has 0 saturated carbocycles. The molecule has 0 saturated heterocycles. The van der Waals surface area contributed by atoms with Crippen molar-refractivity contribution in [2.75, 3.05) is 7.11 Å². The highest BCUT2D eigenvalue weighted by Gasteiger charge is 2.43. The molecule has 0 atom stereocenters. The molecule has 0 aromatic heterocycles. The number of carbonyl (C=O) groups excluding carboxylic acids is 2. The van der Waals surface area contributed by atoms with Crippen LogP contribution in [-0.4, -0.2) is 26.4 Å². The average molecular weight is 540 g/mol. The minimum absolute atomic E-state index is 0.00811. The predicted molar refractivity (Wildman–Crippen MR) is 127 cm³/mol. The van der Waals surface area contributed by atoms with Gasteiger partial charge in [-0.25, -0.2) is 31.5 Å². The molecular formula is C27H14BF5O6. The zero-order valence-electron chi connectivity index (χ0n) is 19.8. The fourth-order valence-corrected chi connectivity index (χ4v) is 3.99. The van der Waals surface area contributed by atoms with E-state index >= 15 is 4.39 Å². The van der Waals surface area contributed by atoms with Crippen molar-refractivity contribution in [1.29, 1.82) is 0 Å². The number of fused-ring (bicyclic) bond motifs is 1. The second-order valence-corrected chi connectivity index (χ2v) is 8.18. The lowest BCUT2D eigenvalue weighted by Gasteiger charge is -2.22. The van der Waals surface area contributed by atoms with Gasteiger partial charge in [-0.2, -0.15) is 0 Å². The van der Waals surface area contributed by atoms with Crippen molar-refractivity contribution in [2.45, 2.75) is 0 Å². The van der Waals surface area contributed by atoms with Crippen molar-refractivity contribution >= 4 is 19.3 Å². The van der Waals surface area contributed by atoms with Crippen molar-refractivity contribution < 1.29 is 50.2 Å². The fourth-order valence-electron chi connectivity index (χ4n) is 3.99. The molecule has 0 aliphatic carbocycles. The minimum atomic E-state index is -1.94. The number of ether oxygens (including phenoxy) is 1. The Labute approximate surface area is 217 Å². The van der Waals surface area contributed by atoms with E-state index in [4.69, 9.17) is 18.7 Å². The summed E-state index contributed by atoms with van der Waals surface area (Å²) in [4.78, 5) is 25.5. The molecule has 39 heavy (non-hydrogen) atoms. The first-order valence-electron chi connectivity index (χ1n) is 11.2. The Morgan fingerprint density at radius 2 is 1.41 bits per heavy atom. The van der Waals surface area contributed by atoms with Gasteiger partial charge in [0.2, 0.25) is 0 Å². The number of hydrogen-bond acceptors (Lipinski definition) is 6. The van der Waals surface area contributed by atoms with E-state index in [0.717, 1.165) is 30.3 Å². The van der Waals surface area contributed by atoms with Crippen LogP contribution in [0.2, 0.25) is 0 Å². The maximum atomic E-state index is 15.2.